The molecule has 0 saturated heterocycles. The number of phenols is 1. The molecule has 0 unspecified atom stereocenters. The maximum Gasteiger partial charge on any atom is 0.245 e. The number of amides is 2. The lowest BCUT2D eigenvalue weighted by atomic mass is 10.2. The molecule has 1 heterocycles. The fourth-order valence-electron chi connectivity index (χ4n) is 2.33. The largest absolute Gasteiger partial charge is 0.507 e. The second kappa shape index (κ2) is 8.09. The van der Waals surface area contributed by atoms with E-state index in [4.69, 9.17) is 0 Å². The number of phenolic OH excluding ortho intramolecular Hbond substituents is 1. The van der Waals surface area contributed by atoms with Gasteiger partial charge in [-0.15, -0.1) is 0 Å². The van der Waals surface area contributed by atoms with Gasteiger partial charge in [0.15, 0.2) is 0 Å². The van der Waals surface area contributed by atoms with Crippen LogP contribution in [0.25, 0.3) is 0 Å². The summed E-state index contributed by atoms with van der Waals surface area (Å²) < 4.78 is 0. The van der Waals surface area contributed by atoms with Crippen LogP contribution in [-0.4, -0.2) is 41.9 Å². The van der Waals surface area contributed by atoms with Gasteiger partial charge in [0.05, 0.1) is 24.8 Å². The number of carbonyl (C=O) groups excluding carboxylic acids is 2. The van der Waals surface area contributed by atoms with Gasteiger partial charge in [-0.3, -0.25) is 9.59 Å². The van der Waals surface area contributed by atoms with Crippen LogP contribution in [0.1, 0.15) is 32.3 Å². The monoisotopic (exact) mass is 331 g/mol. The van der Waals surface area contributed by atoms with Crippen molar-refractivity contribution in [2.75, 3.05) is 18.0 Å². The summed E-state index contributed by atoms with van der Waals surface area (Å²) >= 11 is 0. The molecule has 2 amide bonds. The van der Waals surface area contributed by atoms with Gasteiger partial charge in [-0.25, -0.2) is 10.9 Å². The van der Waals surface area contributed by atoms with Crippen LogP contribution in [0.3, 0.4) is 0 Å². The van der Waals surface area contributed by atoms with Gasteiger partial charge in [0.25, 0.3) is 0 Å². The fourth-order valence-corrected chi connectivity index (χ4v) is 2.33. The maximum atomic E-state index is 11.7. The lowest BCUT2D eigenvalue weighted by Gasteiger charge is -2.21. The second-order valence-electron chi connectivity index (χ2n) is 5.28. The zero-order valence-corrected chi connectivity index (χ0v) is 13.7. The predicted molar refractivity (Wildman–Crippen MR) is 92.2 cm³/mol. The highest BCUT2D eigenvalue weighted by atomic mass is 16.3. The summed E-state index contributed by atoms with van der Waals surface area (Å²) in [6.45, 7) is 5.79. The highest BCUT2D eigenvalue weighted by Crippen LogP contribution is 2.23. The molecular weight excluding hydrogens is 310 g/mol. The lowest BCUT2D eigenvalue weighted by Crippen LogP contribution is -2.21. The molecule has 0 spiro atoms. The molecule has 2 rings (SSSR count). The van der Waals surface area contributed by atoms with Crippen LogP contribution < -0.4 is 15.8 Å². The van der Waals surface area contributed by atoms with E-state index in [0.717, 1.165) is 18.8 Å². The van der Waals surface area contributed by atoms with E-state index in [9.17, 15) is 14.7 Å². The molecule has 8 heteroatoms. The van der Waals surface area contributed by atoms with Crippen molar-refractivity contribution in [1.29, 1.82) is 0 Å². The molecule has 0 radical (unpaired) electrons. The first-order valence-corrected chi connectivity index (χ1v) is 7.77. The Labute approximate surface area is 140 Å². The minimum atomic E-state index is -0.374. The van der Waals surface area contributed by atoms with Crippen LogP contribution in [0.5, 0.6) is 5.75 Å². The summed E-state index contributed by atoms with van der Waals surface area (Å²) in [5.41, 5.74) is 6.53. The third-order valence-electron chi connectivity index (χ3n) is 3.60. The summed E-state index contributed by atoms with van der Waals surface area (Å²) in [6.07, 6.45) is 1.51. The average molecular weight is 331 g/mol. The van der Waals surface area contributed by atoms with Crippen molar-refractivity contribution in [3.8, 4) is 5.75 Å². The van der Waals surface area contributed by atoms with Crippen molar-refractivity contribution in [3.63, 3.8) is 0 Å². The van der Waals surface area contributed by atoms with Crippen molar-refractivity contribution < 1.29 is 14.7 Å². The first kappa shape index (κ1) is 17.5. The number of benzene rings is 1. The zero-order chi connectivity index (χ0) is 17.5. The van der Waals surface area contributed by atoms with E-state index >= 15 is 0 Å². The van der Waals surface area contributed by atoms with Crippen molar-refractivity contribution >= 4 is 29.4 Å². The van der Waals surface area contributed by atoms with Crippen LogP contribution in [0, 0.1) is 0 Å². The molecule has 1 aromatic rings. The van der Waals surface area contributed by atoms with E-state index in [2.05, 4.69) is 26.0 Å². The van der Waals surface area contributed by atoms with Crippen LogP contribution in [0.15, 0.2) is 28.4 Å². The molecule has 1 aromatic carbocycles. The quantitative estimate of drug-likeness (QED) is 0.511. The Bertz CT molecular complexity index is 680. The van der Waals surface area contributed by atoms with E-state index in [1.54, 1.807) is 12.1 Å². The number of hydrogen-bond donors (Lipinski definition) is 3. The minimum absolute atomic E-state index is 0.00294. The van der Waals surface area contributed by atoms with E-state index < -0.39 is 0 Å². The number of nitrogens with one attached hydrogen (secondary N) is 2. The van der Waals surface area contributed by atoms with Gasteiger partial charge in [-0.05, 0) is 26.0 Å². The topological polar surface area (TPSA) is 106 Å². The molecule has 1 aliphatic rings. The molecule has 1 aliphatic heterocycles. The van der Waals surface area contributed by atoms with Gasteiger partial charge >= 0.3 is 0 Å². The third kappa shape index (κ3) is 4.55. The molecule has 24 heavy (non-hydrogen) atoms. The van der Waals surface area contributed by atoms with Crippen molar-refractivity contribution in [2.24, 2.45) is 10.2 Å². The predicted octanol–water partition coefficient (Wildman–Crippen LogP) is 0.954. The summed E-state index contributed by atoms with van der Waals surface area (Å²) in [5, 5.41) is 17.6. The Hall–Kier alpha value is -2.90. The molecule has 0 saturated carbocycles. The van der Waals surface area contributed by atoms with Gasteiger partial charge in [0, 0.05) is 30.4 Å². The van der Waals surface area contributed by atoms with Gasteiger partial charge < -0.3 is 10.0 Å². The second-order valence-corrected chi connectivity index (χ2v) is 5.28. The number of carbonyl (C=O) groups is 2. The van der Waals surface area contributed by atoms with E-state index in [0.29, 0.717) is 11.3 Å². The highest BCUT2D eigenvalue weighted by Gasteiger charge is 2.17. The van der Waals surface area contributed by atoms with Crippen molar-refractivity contribution in [2.45, 2.75) is 26.7 Å². The lowest BCUT2D eigenvalue weighted by molar-refractivity contribution is -0.119. The first-order valence-electron chi connectivity index (χ1n) is 7.77. The summed E-state index contributed by atoms with van der Waals surface area (Å²) in [5.74, 6) is -0.507. The molecule has 0 bridgehead atoms. The van der Waals surface area contributed by atoms with Gasteiger partial charge in [0.1, 0.15) is 5.75 Å². The van der Waals surface area contributed by atoms with E-state index in [1.165, 1.54) is 6.21 Å². The Morgan fingerprint density at radius 3 is 2.79 bits per heavy atom. The number of rotatable bonds is 7. The van der Waals surface area contributed by atoms with Crippen molar-refractivity contribution in [3.05, 3.63) is 23.8 Å². The molecule has 0 aliphatic carbocycles. The van der Waals surface area contributed by atoms with Crippen LogP contribution in [0.2, 0.25) is 0 Å². The first-order chi connectivity index (χ1) is 11.5. The molecule has 3 N–H and O–H groups in total. The maximum absolute atomic E-state index is 11.7. The fraction of sp³-hybridized carbons (Fsp3) is 0.375. The van der Waals surface area contributed by atoms with Crippen LogP contribution >= 0.6 is 0 Å². The molecular formula is C16H21N5O3. The van der Waals surface area contributed by atoms with Gasteiger partial charge in [-0.1, -0.05) is 0 Å². The number of nitrogens with zero attached hydrogens (tertiary/aromatic N) is 3. The molecule has 0 fully saturated rings. The smallest absolute Gasteiger partial charge is 0.245 e. The molecule has 0 aromatic heterocycles. The summed E-state index contributed by atoms with van der Waals surface area (Å²) in [7, 11) is 0. The molecule has 8 nitrogen and oxygen atoms in total. The average Bonchev–Trinajstić information content (AvgIpc) is 2.95. The normalized spacial score (nSPS) is 13.8. The van der Waals surface area contributed by atoms with Crippen LogP contribution in [0.4, 0.5) is 5.69 Å². The zero-order valence-electron chi connectivity index (χ0n) is 13.7. The number of hydrazone groups is 2. The molecule has 128 valence electrons. The Balaban J connectivity index is 1.92. The Morgan fingerprint density at radius 2 is 2.21 bits per heavy atom. The number of aromatic hydroxyl groups is 1. The van der Waals surface area contributed by atoms with E-state index in [1.807, 2.05) is 19.9 Å². The summed E-state index contributed by atoms with van der Waals surface area (Å²) in [4.78, 5) is 24.8. The van der Waals surface area contributed by atoms with Crippen LogP contribution in [-0.2, 0) is 9.59 Å². The highest BCUT2D eigenvalue weighted by molar-refractivity contribution is 6.11. The number of hydrogen-bond acceptors (Lipinski definition) is 6. The third-order valence-corrected chi connectivity index (χ3v) is 3.60. The van der Waals surface area contributed by atoms with Gasteiger partial charge in [0.2, 0.25) is 11.8 Å². The standard InChI is InChI=1S/C16H21N5O3/c1-3-21(4-2)13-6-5-11(14(22)9-13)10-17-19-15(23)7-12-8-16(24)20-18-12/h5-6,9-10,22H,3-4,7-8H2,1-2H3,(H,19,23)(H,20,24)/b17-10-. The Kier molecular flexibility index (Phi) is 5.89. The van der Waals surface area contributed by atoms with E-state index in [-0.39, 0.29) is 30.4 Å². The SMILES string of the molecule is CCN(CC)c1ccc(/C=N\NC(=O)CC2=NNC(=O)C2)c(O)c1. The van der Waals surface area contributed by atoms with Crippen molar-refractivity contribution in [1.82, 2.24) is 10.9 Å². The molecule has 0 atom stereocenters. The summed E-state index contributed by atoms with van der Waals surface area (Å²) in [6, 6.07) is 5.30. The van der Waals surface area contributed by atoms with Gasteiger partial charge in [-0.2, -0.15) is 10.2 Å². The Morgan fingerprint density at radius 1 is 1.46 bits per heavy atom. The minimum Gasteiger partial charge on any atom is -0.507 e. The number of anilines is 1.